The van der Waals surface area contributed by atoms with Crippen molar-refractivity contribution in [2.24, 2.45) is 0 Å². The molecule has 0 bridgehead atoms. The van der Waals surface area contributed by atoms with E-state index in [2.05, 4.69) is 5.92 Å². The van der Waals surface area contributed by atoms with Crippen LogP contribution in [-0.4, -0.2) is 0 Å². The molecule has 0 nitrogen and oxygen atoms in total. The van der Waals surface area contributed by atoms with Gasteiger partial charge in [-0.3, -0.25) is 0 Å². The Morgan fingerprint density at radius 1 is 0.933 bits per heavy atom. The van der Waals surface area contributed by atoms with E-state index < -0.39 is 0 Å². The lowest BCUT2D eigenvalue weighted by Crippen LogP contribution is -1.79. The van der Waals surface area contributed by atoms with Gasteiger partial charge in [0, 0.05) is 10.6 Å². The number of hydrogen-bond acceptors (Lipinski definition) is 0. The fourth-order valence-corrected chi connectivity index (χ4v) is 1.56. The van der Waals surface area contributed by atoms with Crippen molar-refractivity contribution in [2.45, 2.75) is 0 Å². The molecule has 2 aromatic rings. The average Bonchev–Trinajstić information content (AvgIpc) is 2.30. The summed E-state index contributed by atoms with van der Waals surface area (Å²) < 4.78 is 0. The predicted molar refractivity (Wildman–Crippen MR) is 64.8 cm³/mol. The number of terminal acetylenes is 1. The SMILES string of the molecule is C#Cc1cccc(-c2ccc(Cl)cc2)c1. The first-order valence-electron chi connectivity index (χ1n) is 4.62. The third-order valence-electron chi connectivity index (χ3n) is 2.21. The van der Waals surface area contributed by atoms with Crippen molar-refractivity contribution in [1.29, 1.82) is 0 Å². The van der Waals surface area contributed by atoms with E-state index in [0.29, 0.717) is 0 Å². The summed E-state index contributed by atoms with van der Waals surface area (Å²) in [5.41, 5.74) is 3.13. The topological polar surface area (TPSA) is 0 Å². The maximum Gasteiger partial charge on any atom is 0.0406 e. The standard InChI is InChI=1S/C14H9Cl/c1-2-11-4-3-5-13(10-11)12-6-8-14(15)9-7-12/h1,3-10H. The molecule has 0 aliphatic carbocycles. The number of benzene rings is 2. The van der Waals surface area contributed by atoms with Crippen molar-refractivity contribution in [1.82, 2.24) is 0 Å². The van der Waals surface area contributed by atoms with Crippen LogP contribution in [-0.2, 0) is 0 Å². The summed E-state index contributed by atoms with van der Waals surface area (Å²) in [6, 6.07) is 15.6. The van der Waals surface area contributed by atoms with E-state index in [1.807, 2.05) is 48.5 Å². The molecule has 0 saturated heterocycles. The van der Waals surface area contributed by atoms with Crippen LogP contribution < -0.4 is 0 Å². The van der Waals surface area contributed by atoms with Gasteiger partial charge in [0.1, 0.15) is 0 Å². The zero-order valence-corrected chi connectivity index (χ0v) is 8.83. The van der Waals surface area contributed by atoms with E-state index in [4.69, 9.17) is 18.0 Å². The number of rotatable bonds is 1. The predicted octanol–water partition coefficient (Wildman–Crippen LogP) is 3.99. The smallest absolute Gasteiger partial charge is 0.0406 e. The van der Waals surface area contributed by atoms with Crippen LogP contribution in [0.3, 0.4) is 0 Å². The van der Waals surface area contributed by atoms with E-state index in [9.17, 15) is 0 Å². The molecule has 0 atom stereocenters. The van der Waals surface area contributed by atoms with Gasteiger partial charge in [-0.15, -0.1) is 6.42 Å². The molecular formula is C14H9Cl. The second-order valence-corrected chi connectivity index (χ2v) is 3.67. The van der Waals surface area contributed by atoms with Crippen molar-refractivity contribution in [2.75, 3.05) is 0 Å². The Kier molecular flexibility index (Phi) is 2.76. The molecule has 0 heterocycles. The highest BCUT2D eigenvalue weighted by atomic mass is 35.5. The van der Waals surface area contributed by atoms with Crippen LogP contribution in [0.15, 0.2) is 48.5 Å². The van der Waals surface area contributed by atoms with Crippen LogP contribution in [0.1, 0.15) is 5.56 Å². The van der Waals surface area contributed by atoms with Crippen LogP contribution in [0.5, 0.6) is 0 Å². The van der Waals surface area contributed by atoms with Crippen LogP contribution in [0.4, 0.5) is 0 Å². The fraction of sp³-hybridized carbons (Fsp3) is 0. The molecule has 0 unspecified atom stereocenters. The summed E-state index contributed by atoms with van der Waals surface area (Å²) >= 11 is 5.83. The quantitative estimate of drug-likeness (QED) is 0.627. The minimum atomic E-state index is 0.742. The van der Waals surface area contributed by atoms with Gasteiger partial charge in [-0.25, -0.2) is 0 Å². The van der Waals surface area contributed by atoms with E-state index >= 15 is 0 Å². The molecule has 15 heavy (non-hydrogen) atoms. The molecule has 0 aliphatic heterocycles. The summed E-state index contributed by atoms with van der Waals surface area (Å²) in [7, 11) is 0. The van der Waals surface area contributed by atoms with Crippen LogP contribution in [0.2, 0.25) is 5.02 Å². The minimum absolute atomic E-state index is 0.742. The third kappa shape index (κ3) is 2.21. The van der Waals surface area contributed by atoms with E-state index in [1.165, 1.54) is 0 Å². The molecule has 0 aromatic heterocycles. The molecule has 2 rings (SSSR count). The average molecular weight is 213 g/mol. The molecule has 0 radical (unpaired) electrons. The first kappa shape index (κ1) is 9.83. The Morgan fingerprint density at radius 2 is 1.67 bits per heavy atom. The van der Waals surface area contributed by atoms with Crippen molar-refractivity contribution >= 4 is 11.6 Å². The first-order chi connectivity index (χ1) is 7.29. The first-order valence-corrected chi connectivity index (χ1v) is 5.00. The highest BCUT2D eigenvalue weighted by molar-refractivity contribution is 6.30. The van der Waals surface area contributed by atoms with Gasteiger partial charge < -0.3 is 0 Å². The zero-order valence-electron chi connectivity index (χ0n) is 8.07. The maximum absolute atomic E-state index is 5.83. The van der Waals surface area contributed by atoms with Crippen molar-refractivity contribution < 1.29 is 0 Å². The molecule has 1 heteroatoms. The summed E-state index contributed by atoms with van der Waals surface area (Å²) in [5, 5.41) is 0.742. The molecule has 0 aliphatic rings. The summed E-state index contributed by atoms with van der Waals surface area (Å²) in [4.78, 5) is 0. The molecule has 0 spiro atoms. The normalized spacial score (nSPS) is 9.60. The van der Waals surface area contributed by atoms with Crippen molar-refractivity contribution in [3.05, 3.63) is 59.1 Å². The monoisotopic (exact) mass is 212 g/mol. The van der Waals surface area contributed by atoms with Gasteiger partial charge >= 0.3 is 0 Å². The lowest BCUT2D eigenvalue weighted by molar-refractivity contribution is 1.59. The molecule has 2 aromatic carbocycles. The second kappa shape index (κ2) is 4.21. The Balaban J connectivity index is 2.46. The Bertz CT molecular complexity index is 504. The van der Waals surface area contributed by atoms with Gasteiger partial charge in [0.05, 0.1) is 0 Å². The van der Waals surface area contributed by atoms with Crippen LogP contribution >= 0.6 is 11.6 Å². The van der Waals surface area contributed by atoms with E-state index in [1.54, 1.807) is 0 Å². The lowest BCUT2D eigenvalue weighted by atomic mass is 10.0. The van der Waals surface area contributed by atoms with Crippen LogP contribution in [0, 0.1) is 12.3 Å². The van der Waals surface area contributed by atoms with Crippen molar-refractivity contribution in [3.63, 3.8) is 0 Å². The van der Waals surface area contributed by atoms with Gasteiger partial charge in [0.25, 0.3) is 0 Å². The zero-order chi connectivity index (χ0) is 10.7. The highest BCUT2D eigenvalue weighted by Gasteiger charge is 1.97. The lowest BCUT2D eigenvalue weighted by Gasteiger charge is -2.02. The van der Waals surface area contributed by atoms with Crippen molar-refractivity contribution in [3.8, 4) is 23.5 Å². The Labute approximate surface area is 94.5 Å². The summed E-state index contributed by atoms with van der Waals surface area (Å²) in [6.45, 7) is 0. The molecule has 0 amide bonds. The van der Waals surface area contributed by atoms with Gasteiger partial charge in [0.2, 0.25) is 0 Å². The van der Waals surface area contributed by atoms with Gasteiger partial charge in [-0.2, -0.15) is 0 Å². The Morgan fingerprint density at radius 3 is 2.33 bits per heavy atom. The maximum atomic E-state index is 5.83. The summed E-state index contributed by atoms with van der Waals surface area (Å²) in [6.07, 6.45) is 5.35. The molecule has 72 valence electrons. The van der Waals surface area contributed by atoms with Gasteiger partial charge in [-0.1, -0.05) is 41.8 Å². The number of halogens is 1. The van der Waals surface area contributed by atoms with Gasteiger partial charge in [-0.05, 0) is 35.4 Å². The minimum Gasteiger partial charge on any atom is -0.115 e. The highest BCUT2D eigenvalue weighted by Crippen LogP contribution is 2.22. The van der Waals surface area contributed by atoms with E-state index in [0.717, 1.165) is 21.7 Å². The molecule has 0 fully saturated rings. The molecular weight excluding hydrogens is 204 g/mol. The third-order valence-corrected chi connectivity index (χ3v) is 2.46. The van der Waals surface area contributed by atoms with Crippen LogP contribution in [0.25, 0.3) is 11.1 Å². The van der Waals surface area contributed by atoms with Gasteiger partial charge in [0.15, 0.2) is 0 Å². The Hall–Kier alpha value is -1.71. The largest absolute Gasteiger partial charge is 0.115 e. The number of hydrogen-bond donors (Lipinski definition) is 0. The second-order valence-electron chi connectivity index (χ2n) is 3.23. The van der Waals surface area contributed by atoms with E-state index in [-0.39, 0.29) is 0 Å². The fourth-order valence-electron chi connectivity index (χ4n) is 1.43. The molecule has 0 N–H and O–H groups in total. The molecule has 0 saturated carbocycles. The summed E-state index contributed by atoms with van der Waals surface area (Å²) in [5.74, 6) is 2.62.